The topological polar surface area (TPSA) is 94.9 Å². The van der Waals surface area contributed by atoms with Gasteiger partial charge in [-0.3, -0.25) is 0 Å². The average Bonchev–Trinajstić information content (AvgIpc) is 2.60. The molecule has 2 radical (unpaired) electrons. The van der Waals surface area contributed by atoms with Gasteiger partial charge >= 0.3 is 0 Å². The molecule has 0 rings (SSSR count). The lowest BCUT2D eigenvalue weighted by Crippen LogP contribution is -2.13. The molecule has 8 nitrogen and oxygen atoms in total. The zero-order valence-electron chi connectivity index (χ0n) is 14.6. The highest BCUT2D eigenvalue weighted by Crippen LogP contribution is 1.91. The van der Waals surface area contributed by atoms with Gasteiger partial charge in [-0.15, -0.1) is 0 Å². The lowest BCUT2D eigenvalue weighted by Gasteiger charge is -2.07. The predicted octanol–water partition coefficient (Wildman–Crippen LogP) is 2.65. The first-order valence-electron chi connectivity index (χ1n) is 8.51. The Morgan fingerprint density at radius 3 is 1.46 bits per heavy atom. The first kappa shape index (κ1) is 23.1. The van der Waals surface area contributed by atoms with Crippen LogP contribution >= 0.6 is 0 Å². The van der Waals surface area contributed by atoms with Crippen molar-refractivity contribution in [1.29, 1.82) is 0 Å². The maximum atomic E-state index is 8.10. The predicted molar refractivity (Wildman–Crippen MR) is 90.9 cm³/mol. The van der Waals surface area contributed by atoms with E-state index in [9.17, 15) is 0 Å². The highest BCUT2D eigenvalue weighted by Gasteiger charge is 1.93. The third kappa shape index (κ3) is 21.1. The van der Waals surface area contributed by atoms with Crippen LogP contribution in [0.2, 0.25) is 0 Å². The van der Waals surface area contributed by atoms with E-state index in [4.69, 9.17) is 36.1 Å². The van der Waals surface area contributed by atoms with E-state index in [0.29, 0.717) is 79.0 Å². The molecular weight excluding hydrogens is 314 g/mol. The Kier molecular flexibility index (Phi) is 21.3. The molecule has 0 aliphatic rings. The Balaban J connectivity index is 2.96. The van der Waals surface area contributed by atoms with Crippen molar-refractivity contribution >= 4 is 0 Å². The van der Waals surface area contributed by atoms with E-state index >= 15 is 0 Å². The quantitative estimate of drug-likeness (QED) is 0.146. The first-order chi connectivity index (χ1) is 11.9. The lowest BCUT2D eigenvalue weighted by atomic mass is 10.3. The van der Waals surface area contributed by atoms with Crippen molar-refractivity contribution in [2.45, 2.75) is 25.7 Å². The summed E-state index contributed by atoms with van der Waals surface area (Å²) in [7, 11) is 0. The SMILES string of the molecule is [CH]CCCOCCOCCOCCOCCOCCCCN=[N+]=[N-]. The van der Waals surface area contributed by atoms with Gasteiger partial charge in [0.25, 0.3) is 0 Å². The molecule has 0 aromatic carbocycles. The Hall–Kier alpha value is -0.890. The van der Waals surface area contributed by atoms with Crippen LogP contribution in [0.4, 0.5) is 0 Å². The molecule has 0 aromatic rings. The monoisotopic (exact) mass is 345 g/mol. The Bertz CT molecular complexity index is 289. The van der Waals surface area contributed by atoms with E-state index in [1.165, 1.54) is 0 Å². The molecule has 0 atom stereocenters. The van der Waals surface area contributed by atoms with Crippen molar-refractivity contribution in [3.8, 4) is 0 Å². The van der Waals surface area contributed by atoms with Crippen LogP contribution in [0.5, 0.6) is 0 Å². The molecule has 0 aliphatic heterocycles. The molecule has 0 saturated heterocycles. The minimum absolute atomic E-state index is 0.527. The second-order valence-electron chi connectivity index (χ2n) is 4.87. The van der Waals surface area contributed by atoms with Crippen molar-refractivity contribution in [3.05, 3.63) is 17.4 Å². The molecule has 0 bridgehead atoms. The van der Waals surface area contributed by atoms with E-state index in [0.717, 1.165) is 19.3 Å². The third-order valence-electron chi connectivity index (χ3n) is 2.84. The average molecular weight is 345 g/mol. The Labute approximate surface area is 145 Å². The van der Waals surface area contributed by atoms with Crippen LogP contribution in [0.3, 0.4) is 0 Å². The van der Waals surface area contributed by atoms with E-state index < -0.39 is 0 Å². The molecule has 0 aliphatic carbocycles. The van der Waals surface area contributed by atoms with Crippen molar-refractivity contribution in [2.24, 2.45) is 5.11 Å². The minimum atomic E-state index is 0.527. The van der Waals surface area contributed by atoms with Crippen molar-refractivity contribution in [1.82, 2.24) is 0 Å². The molecule has 0 spiro atoms. The van der Waals surface area contributed by atoms with Gasteiger partial charge < -0.3 is 23.7 Å². The smallest absolute Gasteiger partial charge is 0.0701 e. The summed E-state index contributed by atoms with van der Waals surface area (Å²) in [6.07, 6.45) is 3.27. The van der Waals surface area contributed by atoms with Crippen LogP contribution < -0.4 is 0 Å². The minimum Gasteiger partial charge on any atom is -0.379 e. The molecule has 0 saturated carbocycles. The molecule has 0 fully saturated rings. The zero-order chi connectivity index (χ0) is 17.6. The van der Waals surface area contributed by atoms with Gasteiger partial charge in [0.15, 0.2) is 0 Å². The highest BCUT2D eigenvalue weighted by molar-refractivity contribution is 4.47. The van der Waals surface area contributed by atoms with E-state index in [1.54, 1.807) is 0 Å². The molecular formula is C16H31N3O5. The third-order valence-corrected chi connectivity index (χ3v) is 2.84. The molecule has 0 heterocycles. The summed E-state index contributed by atoms with van der Waals surface area (Å²) < 4.78 is 26.8. The molecule has 24 heavy (non-hydrogen) atoms. The number of unbranched alkanes of at least 4 members (excludes halogenated alkanes) is 2. The van der Waals surface area contributed by atoms with Crippen LogP contribution in [-0.4, -0.2) is 72.6 Å². The summed E-state index contributed by atoms with van der Waals surface area (Å²) in [5.74, 6) is 0. The van der Waals surface area contributed by atoms with E-state index in [-0.39, 0.29) is 0 Å². The largest absolute Gasteiger partial charge is 0.379 e. The number of hydrogen-bond donors (Lipinski definition) is 0. The van der Waals surface area contributed by atoms with Gasteiger partial charge in [-0.25, -0.2) is 0 Å². The number of rotatable bonds is 20. The lowest BCUT2D eigenvalue weighted by molar-refractivity contribution is -0.0112. The molecule has 140 valence electrons. The molecule has 8 heteroatoms. The van der Waals surface area contributed by atoms with Gasteiger partial charge in [-0.1, -0.05) is 5.11 Å². The summed E-state index contributed by atoms with van der Waals surface area (Å²) in [5, 5.41) is 3.45. The standard InChI is InChI=1S/C16H31N3O5/c1-2-3-7-20-9-11-22-13-15-24-16-14-23-12-10-21-8-5-4-6-18-19-17/h1H,2-16H2. The summed E-state index contributed by atoms with van der Waals surface area (Å²) in [6.45, 7) is 11.7. The molecule has 0 aromatic heterocycles. The fraction of sp³-hybridized carbons (Fsp3) is 0.938. The Morgan fingerprint density at radius 2 is 1.04 bits per heavy atom. The van der Waals surface area contributed by atoms with Gasteiger partial charge in [0, 0.05) is 24.7 Å². The summed E-state index contributed by atoms with van der Waals surface area (Å²) >= 11 is 0. The van der Waals surface area contributed by atoms with E-state index in [2.05, 4.69) is 10.0 Å². The number of ether oxygens (including phenoxy) is 5. The van der Waals surface area contributed by atoms with Crippen LogP contribution in [0.25, 0.3) is 10.4 Å². The number of nitrogens with zero attached hydrogens (tertiary/aromatic N) is 3. The maximum Gasteiger partial charge on any atom is 0.0701 e. The van der Waals surface area contributed by atoms with Crippen LogP contribution in [0, 0.1) is 6.92 Å². The van der Waals surface area contributed by atoms with Gasteiger partial charge in [-0.2, -0.15) is 0 Å². The number of hydrogen-bond acceptors (Lipinski definition) is 6. The molecule has 0 N–H and O–H groups in total. The fourth-order valence-electron chi connectivity index (χ4n) is 1.60. The first-order valence-corrected chi connectivity index (χ1v) is 8.51. The second-order valence-corrected chi connectivity index (χ2v) is 4.87. The zero-order valence-corrected chi connectivity index (χ0v) is 14.6. The van der Waals surface area contributed by atoms with Crippen molar-refractivity contribution in [3.63, 3.8) is 0 Å². The van der Waals surface area contributed by atoms with Crippen LogP contribution in [0.15, 0.2) is 5.11 Å². The van der Waals surface area contributed by atoms with Crippen LogP contribution in [0.1, 0.15) is 25.7 Å². The molecule has 0 amide bonds. The summed E-state index contributed by atoms with van der Waals surface area (Å²) in [6, 6.07) is 0. The van der Waals surface area contributed by atoms with Gasteiger partial charge in [0.1, 0.15) is 0 Å². The number of azide groups is 1. The highest BCUT2D eigenvalue weighted by atomic mass is 16.6. The van der Waals surface area contributed by atoms with Crippen molar-refractivity contribution in [2.75, 3.05) is 72.6 Å². The molecule has 0 unspecified atom stereocenters. The normalized spacial score (nSPS) is 10.7. The fourth-order valence-corrected chi connectivity index (χ4v) is 1.60. The Morgan fingerprint density at radius 1 is 0.625 bits per heavy atom. The second kappa shape index (κ2) is 22.1. The van der Waals surface area contributed by atoms with Gasteiger partial charge in [0.05, 0.1) is 52.9 Å². The summed E-state index contributed by atoms with van der Waals surface area (Å²) in [5.41, 5.74) is 8.10. The van der Waals surface area contributed by atoms with Crippen molar-refractivity contribution < 1.29 is 23.7 Å². The van der Waals surface area contributed by atoms with Gasteiger partial charge in [-0.05, 0) is 38.1 Å². The maximum absolute atomic E-state index is 8.10. The summed E-state index contributed by atoms with van der Waals surface area (Å²) in [4.78, 5) is 2.69. The van der Waals surface area contributed by atoms with Crippen LogP contribution in [-0.2, 0) is 23.7 Å². The van der Waals surface area contributed by atoms with Gasteiger partial charge in [0.2, 0.25) is 0 Å². The van der Waals surface area contributed by atoms with E-state index in [1.807, 2.05) is 0 Å².